The Morgan fingerprint density at radius 1 is 1.03 bits per heavy atom. The molecule has 1 N–H and O–H groups in total. The van der Waals surface area contributed by atoms with Gasteiger partial charge in [-0.1, -0.05) is 58.0 Å². The van der Waals surface area contributed by atoms with Crippen LogP contribution in [-0.2, 0) is 25.6 Å². The van der Waals surface area contributed by atoms with Crippen LogP contribution < -0.4 is 5.32 Å². The van der Waals surface area contributed by atoms with Crippen molar-refractivity contribution in [3.8, 4) is 0 Å². The van der Waals surface area contributed by atoms with Crippen LogP contribution in [0, 0.1) is 29.6 Å². The third kappa shape index (κ3) is 8.98. The van der Waals surface area contributed by atoms with Crippen molar-refractivity contribution >= 4 is 36.0 Å². The number of hydrogen-bond donors (Lipinski definition) is 1. The summed E-state index contributed by atoms with van der Waals surface area (Å²) in [5.74, 6) is -1.28. The Hall–Kier alpha value is -1.95. The first-order chi connectivity index (χ1) is 14.7. The van der Waals surface area contributed by atoms with E-state index >= 15 is 0 Å². The molecule has 5 unspecified atom stereocenters. The standard InChI is InChI=1S/C25H37NO4S/c1-17(2)13-23(26-25(30)22(11-12-31-5)18(3)15-27)24(29)19(4)21(16-28)14-20-9-7-6-8-10-20/h6-10,15-19,21-23H,11-14H2,1-5H3,(H,26,30). The summed E-state index contributed by atoms with van der Waals surface area (Å²) in [4.78, 5) is 49.5. The summed E-state index contributed by atoms with van der Waals surface area (Å²) < 4.78 is 0. The summed E-state index contributed by atoms with van der Waals surface area (Å²) in [6.07, 6.45) is 5.17. The molecule has 1 aromatic carbocycles. The predicted molar refractivity (Wildman–Crippen MR) is 127 cm³/mol. The normalized spacial score (nSPS) is 16.1. The molecule has 0 saturated heterocycles. The zero-order valence-corrected chi connectivity index (χ0v) is 20.2. The monoisotopic (exact) mass is 447 g/mol. The minimum Gasteiger partial charge on any atom is -0.346 e. The highest BCUT2D eigenvalue weighted by Gasteiger charge is 2.33. The van der Waals surface area contributed by atoms with E-state index in [2.05, 4.69) is 5.32 Å². The van der Waals surface area contributed by atoms with Crippen LogP contribution >= 0.6 is 11.8 Å². The van der Waals surface area contributed by atoms with Crippen LogP contribution in [0.4, 0.5) is 0 Å². The minimum absolute atomic E-state index is 0.127. The zero-order valence-electron chi connectivity index (χ0n) is 19.4. The molecule has 1 rings (SSSR count). The average molecular weight is 448 g/mol. The lowest BCUT2D eigenvalue weighted by molar-refractivity contribution is -0.135. The highest BCUT2D eigenvalue weighted by molar-refractivity contribution is 7.98. The molecular weight excluding hydrogens is 410 g/mol. The molecule has 0 aliphatic heterocycles. The predicted octanol–water partition coefficient (Wildman–Crippen LogP) is 3.98. The molecule has 0 aliphatic rings. The molecule has 1 aromatic rings. The number of aldehydes is 2. The van der Waals surface area contributed by atoms with Gasteiger partial charge in [-0.15, -0.1) is 0 Å². The summed E-state index contributed by atoms with van der Waals surface area (Å²) >= 11 is 1.62. The molecule has 0 bridgehead atoms. The smallest absolute Gasteiger partial charge is 0.224 e. The van der Waals surface area contributed by atoms with Gasteiger partial charge in [0.25, 0.3) is 0 Å². The first-order valence-corrected chi connectivity index (χ1v) is 12.4. The molecule has 5 atom stereocenters. The van der Waals surface area contributed by atoms with Crippen LogP contribution in [-0.4, -0.2) is 42.3 Å². The Balaban J connectivity index is 2.99. The van der Waals surface area contributed by atoms with Gasteiger partial charge in [-0.05, 0) is 42.8 Å². The van der Waals surface area contributed by atoms with Gasteiger partial charge >= 0.3 is 0 Å². The molecule has 0 radical (unpaired) electrons. The van der Waals surface area contributed by atoms with Crippen molar-refractivity contribution in [1.29, 1.82) is 0 Å². The van der Waals surface area contributed by atoms with Crippen LogP contribution in [0.25, 0.3) is 0 Å². The van der Waals surface area contributed by atoms with Gasteiger partial charge in [0, 0.05) is 23.7 Å². The molecule has 5 nitrogen and oxygen atoms in total. The Morgan fingerprint density at radius 3 is 2.19 bits per heavy atom. The highest BCUT2D eigenvalue weighted by Crippen LogP contribution is 2.22. The number of ketones is 1. The van der Waals surface area contributed by atoms with E-state index in [1.807, 2.05) is 50.4 Å². The zero-order chi connectivity index (χ0) is 23.4. The van der Waals surface area contributed by atoms with Crippen molar-refractivity contribution in [3.63, 3.8) is 0 Å². The fourth-order valence-electron chi connectivity index (χ4n) is 3.73. The topological polar surface area (TPSA) is 80.3 Å². The number of hydrogen-bond acceptors (Lipinski definition) is 5. The number of Topliss-reactive ketones (excluding diaryl/α,β-unsaturated/α-hetero) is 1. The van der Waals surface area contributed by atoms with E-state index in [0.29, 0.717) is 19.3 Å². The number of thioether (sulfide) groups is 1. The largest absolute Gasteiger partial charge is 0.346 e. The fourth-order valence-corrected chi connectivity index (χ4v) is 4.22. The van der Waals surface area contributed by atoms with E-state index in [0.717, 1.165) is 23.9 Å². The maximum atomic E-state index is 13.3. The van der Waals surface area contributed by atoms with Crippen molar-refractivity contribution in [2.45, 2.75) is 53.0 Å². The molecule has 0 saturated carbocycles. The molecule has 0 aliphatic carbocycles. The Bertz CT molecular complexity index is 707. The van der Waals surface area contributed by atoms with Gasteiger partial charge in [0.1, 0.15) is 12.6 Å². The molecule has 172 valence electrons. The summed E-state index contributed by atoms with van der Waals surface area (Å²) in [7, 11) is 0. The molecule has 0 heterocycles. The highest BCUT2D eigenvalue weighted by atomic mass is 32.2. The summed E-state index contributed by atoms with van der Waals surface area (Å²) in [6.45, 7) is 7.50. The van der Waals surface area contributed by atoms with Crippen LogP contribution in [0.2, 0.25) is 0 Å². The summed E-state index contributed by atoms with van der Waals surface area (Å²) in [6, 6.07) is 8.95. The van der Waals surface area contributed by atoms with Gasteiger partial charge in [0.05, 0.1) is 6.04 Å². The molecule has 6 heteroatoms. The van der Waals surface area contributed by atoms with Crippen LogP contribution in [0.3, 0.4) is 0 Å². The number of rotatable bonds is 15. The van der Waals surface area contributed by atoms with Crippen LogP contribution in [0.15, 0.2) is 30.3 Å². The van der Waals surface area contributed by atoms with E-state index in [-0.39, 0.29) is 17.6 Å². The molecule has 0 fully saturated rings. The van der Waals surface area contributed by atoms with Crippen molar-refractivity contribution < 1.29 is 19.2 Å². The van der Waals surface area contributed by atoms with E-state index in [1.54, 1.807) is 25.6 Å². The molecule has 0 aromatic heterocycles. The lowest BCUT2D eigenvalue weighted by Gasteiger charge is -2.28. The molecular formula is C25H37NO4S. The van der Waals surface area contributed by atoms with Gasteiger partial charge in [-0.25, -0.2) is 0 Å². The van der Waals surface area contributed by atoms with Gasteiger partial charge in [-0.2, -0.15) is 11.8 Å². The maximum Gasteiger partial charge on any atom is 0.224 e. The third-order valence-corrected chi connectivity index (χ3v) is 6.41. The summed E-state index contributed by atoms with van der Waals surface area (Å²) in [5, 5.41) is 2.92. The van der Waals surface area contributed by atoms with Crippen LogP contribution in [0.5, 0.6) is 0 Å². The number of carbonyl (C=O) groups excluding carboxylic acids is 4. The lowest BCUT2D eigenvalue weighted by atomic mass is 9.82. The second kappa shape index (κ2) is 14.2. The minimum atomic E-state index is -0.670. The van der Waals surface area contributed by atoms with Gasteiger partial charge in [0.2, 0.25) is 5.91 Å². The fraction of sp³-hybridized carbons (Fsp3) is 0.600. The number of nitrogens with one attached hydrogen (secondary N) is 1. The third-order valence-electron chi connectivity index (χ3n) is 5.77. The van der Waals surface area contributed by atoms with E-state index < -0.39 is 29.7 Å². The van der Waals surface area contributed by atoms with Gasteiger partial charge in [0.15, 0.2) is 5.78 Å². The van der Waals surface area contributed by atoms with Crippen molar-refractivity contribution in [3.05, 3.63) is 35.9 Å². The number of carbonyl (C=O) groups is 4. The molecule has 1 amide bonds. The first kappa shape index (κ1) is 27.1. The maximum absolute atomic E-state index is 13.3. The average Bonchev–Trinajstić information content (AvgIpc) is 2.76. The molecule has 31 heavy (non-hydrogen) atoms. The van der Waals surface area contributed by atoms with E-state index in [4.69, 9.17) is 0 Å². The number of benzene rings is 1. The van der Waals surface area contributed by atoms with Gasteiger partial charge in [-0.3, -0.25) is 9.59 Å². The van der Waals surface area contributed by atoms with Crippen molar-refractivity contribution in [2.24, 2.45) is 29.6 Å². The quantitative estimate of drug-likeness (QED) is 0.411. The Labute approximate surface area is 191 Å². The van der Waals surface area contributed by atoms with E-state index in [9.17, 15) is 19.2 Å². The second-order valence-electron chi connectivity index (χ2n) is 8.75. The SMILES string of the molecule is CSCCC(C(=O)NC(CC(C)C)C(=O)C(C)C(C=O)Cc1ccccc1)C(C)C=O. The van der Waals surface area contributed by atoms with Crippen LogP contribution in [0.1, 0.15) is 46.1 Å². The van der Waals surface area contributed by atoms with E-state index in [1.165, 1.54) is 0 Å². The Morgan fingerprint density at radius 2 is 1.68 bits per heavy atom. The molecule has 0 spiro atoms. The second-order valence-corrected chi connectivity index (χ2v) is 9.74. The van der Waals surface area contributed by atoms with Crippen molar-refractivity contribution in [2.75, 3.05) is 12.0 Å². The summed E-state index contributed by atoms with van der Waals surface area (Å²) in [5.41, 5.74) is 1.00. The van der Waals surface area contributed by atoms with Gasteiger partial charge < -0.3 is 14.9 Å². The lowest BCUT2D eigenvalue weighted by Crippen LogP contribution is -2.48. The Kier molecular flexibility index (Phi) is 12.4. The van der Waals surface area contributed by atoms with Crippen molar-refractivity contribution in [1.82, 2.24) is 5.32 Å². The first-order valence-electron chi connectivity index (χ1n) is 11.0. The number of amides is 1.